The summed E-state index contributed by atoms with van der Waals surface area (Å²) in [6.45, 7) is 6.37. The number of rotatable bonds is 5. The van der Waals surface area contributed by atoms with E-state index < -0.39 is 0 Å². The number of aromatic nitrogens is 4. The number of H-pyrrole nitrogens is 1. The first-order valence-electron chi connectivity index (χ1n) is 6.40. The van der Waals surface area contributed by atoms with Gasteiger partial charge in [0, 0.05) is 29.2 Å². The Hall–Kier alpha value is -1.96. The third kappa shape index (κ3) is 2.79. The molecule has 8 heteroatoms. The maximum atomic E-state index is 12.1. The molecule has 2 N–H and O–H groups in total. The molecule has 2 aromatic rings. The van der Waals surface area contributed by atoms with Gasteiger partial charge in [0.15, 0.2) is 0 Å². The van der Waals surface area contributed by atoms with Crippen molar-refractivity contribution in [1.29, 1.82) is 0 Å². The minimum atomic E-state index is -0.256. The molecule has 20 heavy (non-hydrogen) atoms. The van der Waals surface area contributed by atoms with Crippen molar-refractivity contribution in [2.75, 3.05) is 11.9 Å². The second-order valence-corrected chi connectivity index (χ2v) is 5.31. The van der Waals surface area contributed by atoms with Gasteiger partial charge in [-0.25, -0.2) is 4.68 Å². The number of aromatic amines is 1. The molecule has 0 aromatic carbocycles. The van der Waals surface area contributed by atoms with Crippen molar-refractivity contribution < 1.29 is 0 Å². The predicted octanol–water partition coefficient (Wildman–Crippen LogP) is 0.875. The molecule has 2 heterocycles. The second kappa shape index (κ2) is 6.00. The van der Waals surface area contributed by atoms with Crippen LogP contribution in [0.2, 0.25) is 0 Å². The van der Waals surface area contributed by atoms with Gasteiger partial charge in [-0.1, -0.05) is 11.4 Å². The Bertz CT molecular complexity index is 715. The Morgan fingerprint density at radius 1 is 1.30 bits per heavy atom. The Kier molecular flexibility index (Phi) is 4.33. The van der Waals surface area contributed by atoms with Crippen LogP contribution in [-0.2, 0) is 6.54 Å². The molecule has 7 nitrogen and oxygen atoms in total. The zero-order chi connectivity index (χ0) is 14.7. The van der Waals surface area contributed by atoms with Gasteiger partial charge >= 0.3 is 0 Å². The van der Waals surface area contributed by atoms with Gasteiger partial charge in [0.2, 0.25) is 0 Å². The predicted molar refractivity (Wildman–Crippen MR) is 78.6 cm³/mol. The molecule has 0 saturated heterocycles. The maximum absolute atomic E-state index is 12.1. The number of hydrogen-bond donors (Lipinski definition) is 2. The first-order chi connectivity index (χ1) is 9.54. The highest BCUT2D eigenvalue weighted by Gasteiger charge is 2.12. The highest BCUT2D eigenvalue weighted by Crippen LogP contribution is 2.17. The Morgan fingerprint density at radius 3 is 2.75 bits per heavy atom. The van der Waals surface area contributed by atoms with Crippen molar-refractivity contribution in [2.45, 2.75) is 33.7 Å². The van der Waals surface area contributed by atoms with Crippen LogP contribution in [-0.4, -0.2) is 25.9 Å². The third-order valence-electron chi connectivity index (χ3n) is 3.10. The summed E-state index contributed by atoms with van der Waals surface area (Å²) in [6.07, 6.45) is 0.984. The Labute approximate surface area is 119 Å². The summed E-state index contributed by atoms with van der Waals surface area (Å²) in [5.74, 6) is 0. The lowest BCUT2D eigenvalue weighted by atomic mass is 10.2. The van der Waals surface area contributed by atoms with Crippen molar-refractivity contribution in [3.05, 3.63) is 37.5 Å². The van der Waals surface area contributed by atoms with Crippen LogP contribution in [0.3, 0.4) is 0 Å². The molecule has 0 aliphatic heterocycles. The van der Waals surface area contributed by atoms with Crippen molar-refractivity contribution >= 4 is 16.5 Å². The minimum Gasteiger partial charge on any atom is -0.374 e. The van der Waals surface area contributed by atoms with Crippen LogP contribution >= 0.6 is 11.5 Å². The largest absolute Gasteiger partial charge is 0.374 e. The molecule has 0 fully saturated rings. The Morgan fingerprint density at radius 2 is 2.05 bits per heavy atom. The molecule has 0 unspecified atom stereocenters. The smallest absolute Gasteiger partial charge is 0.268 e. The maximum Gasteiger partial charge on any atom is 0.268 e. The lowest BCUT2D eigenvalue weighted by Gasteiger charge is -2.08. The molecule has 0 radical (unpaired) electrons. The van der Waals surface area contributed by atoms with Gasteiger partial charge in [0.25, 0.3) is 11.1 Å². The summed E-state index contributed by atoms with van der Waals surface area (Å²) in [7, 11) is 0. The number of hydrogen-bond acceptors (Lipinski definition) is 6. The molecule has 0 spiro atoms. The summed E-state index contributed by atoms with van der Waals surface area (Å²) in [5, 5.41) is 10.6. The topological polar surface area (TPSA) is 92.7 Å². The van der Waals surface area contributed by atoms with Gasteiger partial charge in [0.1, 0.15) is 10.7 Å². The number of anilines is 1. The van der Waals surface area contributed by atoms with Crippen LogP contribution in [0.25, 0.3) is 0 Å². The normalized spacial score (nSPS) is 10.8. The summed E-state index contributed by atoms with van der Waals surface area (Å²) in [5.41, 5.74) is 1.10. The van der Waals surface area contributed by atoms with Crippen LogP contribution in [0.15, 0.2) is 9.59 Å². The zero-order valence-electron chi connectivity index (χ0n) is 11.7. The molecule has 0 bridgehead atoms. The molecular formula is C12H17N5O2S. The molecule has 0 atom stereocenters. The van der Waals surface area contributed by atoms with Crippen molar-refractivity contribution in [1.82, 2.24) is 19.4 Å². The zero-order valence-corrected chi connectivity index (χ0v) is 12.5. The van der Waals surface area contributed by atoms with Crippen molar-refractivity contribution in [3.63, 3.8) is 0 Å². The van der Waals surface area contributed by atoms with Gasteiger partial charge in [-0.05, 0) is 20.3 Å². The van der Waals surface area contributed by atoms with Crippen LogP contribution in [0.5, 0.6) is 0 Å². The van der Waals surface area contributed by atoms with Crippen molar-refractivity contribution in [2.24, 2.45) is 0 Å². The van der Waals surface area contributed by atoms with E-state index in [0.717, 1.165) is 18.0 Å². The van der Waals surface area contributed by atoms with Crippen LogP contribution in [0.4, 0.5) is 5.00 Å². The average molecular weight is 295 g/mol. The second-order valence-electron chi connectivity index (χ2n) is 4.56. The van der Waals surface area contributed by atoms with E-state index in [-0.39, 0.29) is 17.7 Å². The standard InChI is InChI=1S/C12H17N5O2S/c1-4-5-13-11-9(14-16-20-11)6-17-12(19)8(3)7(2)10(18)15-17/h13H,4-6H2,1-3H3,(H,15,18). The highest BCUT2D eigenvalue weighted by atomic mass is 32.1. The van der Waals surface area contributed by atoms with Gasteiger partial charge in [0.05, 0.1) is 6.54 Å². The van der Waals surface area contributed by atoms with Crippen molar-refractivity contribution in [3.8, 4) is 0 Å². The summed E-state index contributed by atoms with van der Waals surface area (Å²) >= 11 is 1.25. The molecule has 108 valence electrons. The van der Waals surface area contributed by atoms with E-state index in [9.17, 15) is 9.59 Å². The molecular weight excluding hydrogens is 278 g/mol. The Balaban J connectivity index is 2.34. The van der Waals surface area contributed by atoms with E-state index in [1.807, 2.05) is 0 Å². The lowest BCUT2D eigenvalue weighted by Crippen LogP contribution is -2.33. The molecule has 0 aliphatic rings. The number of nitrogens with one attached hydrogen (secondary N) is 2. The van der Waals surface area contributed by atoms with Gasteiger partial charge in [-0.2, -0.15) is 0 Å². The molecule has 2 rings (SSSR count). The molecule has 0 aliphatic carbocycles. The van der Waals surface area contributed by atoms with Gasteiger partial charge in [-0.15, -0.1) is 5.10 Å². The summed E-state index contributed by atoms with van der Waals surface area (Å²) in [6, 6.07) is 0. The first-order valence-corrected chi connectivity index (χ1v) is 7.17. The van der Waals surface area contributed by atoms with E-state index >= 15 is 0 Å². The van der Waals surface area contributed by atoms with E-state index in [0.29, 0.717) is 16.8 Å². The highest BCUT2D eigenvalue weighted by molar-refractivity contribution is 7.10. The summed E-state index contributed by atoms with van der Waals surface area (Å²) in [4.78, 5) is 23.9. The molecule has 0 saturated carbocycles. The molecule has 0 amide bonds. The average Bonchev–Trinajstić information content (AvgIpc) is 2.87. The fraction of sp³-hybridized carbons (Fsp3) is 0.500. The SMILES string of the molecule is CCCNc1snnc1Cn1[nH]c(=O)c(C)c(C)c1=O. The summed E-state index contributed by atoms with van der Waals surface area (Å²) < 4.78 is 5.16. The van der Waals surface area contributed by atoms with E-state index in [4.69, 9.17) is 0 Å². The van der Waals surface area contributed by atoms with Crippen LogP contribution in [0, 0.1) is 13.8 Å². The van der Waals surface area contributed by atoms with Crippen LogP contribution < -0.4 is 16.4 Å². The fourth-order valence-corrected chi connectivity index (χ4v) is 2.33. The fourth-order valence-electron chi connectivity index (χ4n) is 1.74. The van der Waals surface area contributed by atoms with E-state index in [2.05, 4.69) is 26.9 Å². The molecule has 2 aromatic heterocycles. The quantitative estimate of drug-likeness (QED) is 0.854. The lowest BCUT2D eigenvalue weighted by molar-refractivity contribution is 0.608. The van der Waals surface area contributed by atoms with Gasteiger partial charge < -0.3 is 5.32 Å². The van der Waals surface area contributed by atoms with Gasteiger partial charge in [-0.3, -0.25) is 14.7 Å². The van der Waals surface area contributed by atoms with Crippen LogP contribution in [0.1, 0.15) is 30.2 Å². The van der Waals surface area contributed by atoms with E-state index in [1.165, 1.54) is 16.2 Å². The van der Waals surface area contributed by atoms with E-state index in [1.54, 1.807) is 13.8 Å². The monoisotopic (exact) mass is 295 g/mol. The minimum absolute atomic E-state index is 0.206. The third-order valence-corrected chi connectivity index (χ3v) is 3.83. The first kappa shape index (κ1) is 14.4. The number of nitrogens with zero attached hydrogens (tertiary/aromatic N) is 3.